The van der Waals surface area contributed by atoms with Crippen LogP contribution in [-0.4, -0.2) is 68.5 Å². The van der Waals surface area contributed by atoms with Crippen LogP contribution >= 0.6 is 0 Å². The van der Waals surface area contributed by atoms with Crippen molar-refractivity contribution in [2.24, 2.45) is 0 Å². The second-order valence-electron chi connectivity index (χ2n) is 15.2. The Balaban J connectivity index is 3.81. The second-order valence-corrected chi connectivity index (χ2v) is 15.2. The zero-order valence-corrected chi connectivity index (χ0v) is 33.0. The number of carbonyl (C=O) groups excluding carboxylic acids is 1. The summed E-state index contributed by atoms with van der Waals surface area (Å²) in [5, 5.41) is 54.0. The van der Waals surface area contributed by atoms with E-state index in [-0.39, 0.29) is 0 Å². The lowest BCUT2D eigenvalue weighted by molar-refractivity contribution is -0.134. The van der Waals surface area contributed by atoms with Crippen LogP contribution < -0.4 is 5.32 Å². The first-order valence-corrected chi connectivity index (χ1v) is 21.7. The molecule has 0 radical (unpaired) electrons. The molecule has 7 nitrogen and oxygen atoms in total. The van der Waals surface area contributed by atoms with Gasteiger partial charge in [0.05, 0.1) is 18.8 Å². The second kappa shape index (κ2) is 37.8. The number of rotatable bonds is 39. The molecule has 0 aromatic heterocycles. The molecule has 1 amide bonds. The van der Waals surface area contributed by atoms with Crippen LogP contribution in [-0.2, 0) is 4.79 Å². The highest BCUT2D eigenvalue weighted by Crippen LogP contribution is 2.17. The van der Waals surface area contributed by atoms with Gasteiger partial charge in [0.15, 0.2) is 0 Å². The van der Waals surface area contributed by atoms with Gasteiger partial charge in [-0.05, 0) is 38.5 Å². The summed E-state index contributed by atoms with van der Waals surface area (Å²) in [6.45, 7) is 3.89. The van der Waals surface area contributed by atoms with E-state index in [0.717, 1.165) is 57.8 Å². The van der Waals surface area contributed by atoms with Crippen LogP contribution in [0, 0.1) is 0 Å². The van der Waals surface area contributed by atoms with Crippen molar-refractivity contribution in [3.8, 4) is 0 Å². The SMILES string of the molecule is CCCCC/C=C/CCCCCCC[C@H](O)[C@H](O)[C@@H](O)[C@H](CO)NC(=O)[C@H](O)CCCCCCCCCCCCCCCCCCCCCC. The van der Waals surface area contributed by atoms with Gasteiger partial charge in [0, 0.05) is 0 Å². The summed E-state index contributed by atoms with van der Waals surface area (Å²) in [5.74, 6) is -0.668. The Morgan fingerprint density at radius 1 is 0.480 bits per heavy atom. The van der Waals surface area contributed by atoms with Crippen molar-refractivity contribution in [2.45, 2.75) is 250 Å². The van der Waals surface area contributed by atoms with E-state index in [1.165, 1.54) is 135 Å². The van der Waals surface area contributed by atoms with E-state index in [1.54, 1.807) is 0 Å². The third-order valence-electron chi connectivity index (χ3n) is 10.3. The van der Waals surface area contributed by atoms with Crippen molar-refractivity contribution in [1.82, 2.24) is 5.32 Å². The monoisotopic (exact) mass is 712 g/mol. The van der Waals surface area contributed by atoms with E-state index in [9.17, 15) is 30.3 Å². The van der Waals surface area contributed by atoms with Crippen molar-refractivity contribution < 1.29 is 30.3 Å². The molecule has 7 heteroatoms. The van der Waals surface area contributed by atoms with Crippen LogP contribution in [0.4, 0.5) is 0 Å². The summed E-state index contributed by atoms with van der Waals surface area (Å²) in [7, 11) is 0. The third-order valence-corrected chi connectivity index (χ3v) is 10.3. The molecule has 0 aliphatic rings. The smallest absolute Gasteiger partial charge is 0.249 e. The first kappa shape index (κ1) is 49.0. The molecule has 0 aromatic rings. The standard InChI is InChI=1S/C43H85NO6/c1-3-5-7-9-11-13-15-17-18-19-20-21-22-23-24-26-28-30-32-34-36-40(47)43(50)44-38(37-45)41(48)42(49)39(46)35-33-31-29-27-25-16-14-12-10-8-6-4-2/h12,14,38-42,45-49H,3-11,13,15-37H2,1-2H3,(H,44,50)/b14-12+/t38-,39-,40+,41-,42-/m0/s1. The van der Waals surface area contributed by atoms with Crippen LogP contribution in [0.15, 0.2) is 12.2 Å². The Kier molecular flexibility index (Phi) is 37.0. The van der Waals surface area contributed by atoms with Gasteiger partial charge in [0.2, 0.25) is 5.91 Å². The van der Waals surface area contributed by atoms with Crippen molar-refractivity contribution in [3.63, 3.8) is 0 Å². The van der Waals surface area contributed by atoms with E-state index in [2.05, 4.69) is 31.3 Å². The Hall–Kier alpha value is -0.990. The van der Waals surface area contributed by atoms with Crippen molar-refractivity contribution in [3.05, 3.63) is 12.2 Å². The van der Waals surface area contributed by atoms with Gasteiger partial charge in [-0.25, -0.2) is 0 Å². The number of aliphatic hydroxyl groups excluding tert-OH is 5. The van der Waals surface area contributed by atoms with Crippen LogP contribution in [0.3, 0.4) is 0 Å². The fourth-order valence-electron chi connectivity index (χ4n) is 6.77. The molecule has 0 spiro atoms. The number of hydrogen-bond acceptors (Lipinski definition) is 6. The predicted molar refractivity (Wildman–Crippen MR) is 211 cm³/mol. The number of carbonyl (C=O) groups is 1. The van der Waals surface area contributed by atoms with Crippen LogP contribution in [0.2, 0.25) is 0 Å². The fraction of sp³-hybridized carbons (Fsp3) is 0.930. The van der Waals surface area contributed by atoms with Crippen molar-refractivity contribution >= 4 is 5.91 Å². The Bertz CT molecular complexity index is 734. The zero-order valence-electron chi connectivity index (χ0n) is 33.0. The molecule has 0 rings (SSSR count). The van der Waals surface area contributed by atoms with Crippen molar-refractivity contribution in [1.29, 1.82) is 0 Å². The Morgan fingerprint density at radius 3 is 1.24 bits per heavy atom. The molecule has 298 valence electrons. The minimum Gasteiger partial charge on any atom is -0.394 e. The van der Waals surface area contributed by atoms with Crippen LogP contribution in [0.5, 0.6) is 0 Å². The summed E-state index contributed by atoms with van der Waals surface area (Å²) in [6, 6.07) is -1.16. The average molecular weight is 712 g/mol. The highest BCUT2D eigenvalue weighted by Gasteiger charge is 2.32. The molecular weight excluding hydrogens is 626 g/mol. The molecule has 0 unspecified atom stereocenters. The first-order valence-electron chi connectivity index (χ1n) is 21.7. The minimum absolute atomic E-state index is 0.319. The molecule has 50 heavy (non-hydrogen) atoms. The number of nitrogens with one attached hydrogen (secondary N) is 1. The van der Waals surface area contributed by atoms with E-state index < -0.39 is 43.0 Å². The molecule has 5 atom stereocenters. The van der Waals surface area contributed by atoms with Crippen LogP contribution in [0.1, 0.15) is 219 Å². The zero-order chi connectivity index (χ0) is 36.9. The molecule has 0 aliphatic carbocycles. The summed E-state index contributed by atoms with van der Waals surface area (Å²) < 4.78 is 0. The number of allylic oxidation sites excluding steroid dienone is 2. The molecule has 0 bridgehead atoms. The highest BCUT2D eigenvalue weighted by molar-refractivity contribution is 5.80. The average Bonchev–Trinajstić information content (AvgIpc) is 3.12. The lowest BCUT2D eigenvalue weighted by atomic mass is 9.96. The van der Waals surface area contributed by atoms with Gasteiger partial charge in [0.25, 0.3) is 0 Å². The van der Waals surface area contributed by atoms with Gasteiger partial charge in [-0.2, -0.15) is 0 Å². The molecule has 0 aliphatic heterocycles. The lowest BCUT2D eigenvalue weighted by Gasteiger charge is -2.29. The van der Waals surface area contributed by atoms with Gasteiger partial charge in [-0.3, -0.25) is 4.79 Å². The maximum Gasteiger partial charge on any atom is 0.249 e. The fourth-order valence-corrected chi connectivity index (χ4v) is 6.77. The third kappa shape index (κ3) is 30.6. The van der Waals surface area contributed by atoms with E-state index >= 15 is 0 Å². The van der Waals surface area contributed by atoms with Gasteiger partial charge in [-0.1, -0.05) is 193 Å². The number of amides is 1. The molecule has 0 heterocycles. The van der Waals surface area contributed by atoms with Crippen molar-refractivity contribution in [2.75, 3.05) is 6.61 Å². The molecule has 0 fully saturated rings. The largest absolute Gasteiger partial charge is 0.394 e. The van der Waals surface area contributed by atoms with Gasteiger partial charge >= 0.3 is 0 Å². The number of unbranched alkanes of at least 4 members (excludes halogenated alkanes) is 27. The van der Waals surface area contributed by atoms with Gasteiger partial charge in [0.1, 0.15) is 18.3 Å². The number of aliphatic hydroxyl groups is 5. The molecule has 0 saturated heterocycles. The van der Waals surface area contributed by atoms with Crippen LogP contribution in [0.25, 0.3) is 0 Å². The normalized spacial score (nSPS) is 14.9. The minimum atomic E-state index is -1.53. The first-order chi connectivity index (χ1) is 24.4. The topological polar surface area (TPSA) is 130 Å². The van der Waals surface area contributed by atoms with E-state index in [4.69, 9.17) is 0 Å². The summed E-state index contributed by atoms with van der Waals surface area (Å²) in [6.07, 6.45) is 36.8. The van der Waals surface area contributed by atoms with E-state index in [0.29, 0.717) is 12.8 Å². The lowest BCUT2D eigenvalue weighted by Crippen LogP contribution is -2.55. The molecule has 0 saturated carbocycles. The summed E-state index contributed by atoms with van der Waals surface area (Å²) in [5.41, 5.74) is 0. The maximum atomic E-state index is 12.5. The predicted octanol–water partition coefficient (Wildman–Crippen LogP) is 9.99. The van der Waals surface area contributed by atoms with Gasteiger partial charge < -0.3 is 30.8 Å². The molecular formula is C43H85NO6. The molecule has 0 aromatic carbocycles. The van der Waals surface area contributed by atoms with Gasteiger partial charge in [-0.15, -0.1) is 0 Å². The summed E-state index contributed by atoms with van der Waals surface area (Å²) in [4.78, 5) is 12.5. The van der Waals surface area contributed by atoms with E-state index in [1.807, 2.05) is 0 Å². The summed E-state index contributed by atoms with van der Waals surface area (Å²) >= 11 is 0. The Morgan fingerprint density at radius 2 is 0.820 bits per heavy atom. The highest BCUT2D eigenvalue weighted by atomic mass is 16.4. The quantitative estimate of drug-likeness (QED) is 0.0278. The number of hydrogen-bond donors (Lipinski definition) is 6. The maximum absolute atomic E-state index is 12.5. The molecule has 6 N–H and O–H groups in total. The Labute approximate surface area is 309 Å².